The Morgan fingerprint density at radius 3 is 2.19 bits per heavy atom. The summed E-state index contributed by atoms with van der Waals surface area (Å²) in [5.74, 6) is 2.81. The van der Waals surface area contributed by atoms with Crippen LogP contribution in [0.4, 0.5) is 26.3 Å². The maximum atomic E-state index is 13.7. The number of aliphatic hydroxyl groups is 2. The fourth-order valence-corrected chi connectivity index (χ4v) is 3.13. The number of halogens is 6. The molecule has 2 aromatic rings. The molecule has 1 heterocycles. The molecule has 0 aliphatic carbocycles. The van der Waals surface area contributed by atoms with Crippen molar-refractivity contribution in [2.75, 3.05) is 13.1 Å². The van der Waals surface area contributed by atoms with Gasteiger partial charge in [-0.05, 0) is 23.8 Å². The molecule has 2 aromatic carbocycles. The Morgan fingerprint density at radius 1 is 0.969 bits per heavy atom. The molecule has 2 N–H and O–H groups in total. The molecule has 0 aromatic heterocycles. The normalized spacial score (nSPS) is 18.8. The molecule has 3 rings (SSSR count). The number of para-hydroxylation sites is 1. The van der Waals surface area contributed by atoms with Crippen LogP contribution in [0, 0.1) is 11.8 Å². The van der Waals surface area contributed by atoms with E-state index in [9.17, 15) is 41.4 Å². The van der Waals surface area contributed by atoms with Crippen LogP contribution in [0.3, 0.4) is 0 Å². The Kier molecular flexibility index (Phi) is 6.39. The molecule has 1 saturated heterocycles. The van der Waals surface area contributed by atoms with Gasteiger partial charge in [-0.25, -0.2) is 0 Å². The van der Waals surface area contributed by atoms with E-state index in [-0.39, 0.29) is 18.7 Å². The summed E-state index contributed by atoms with van der Waals surface area (Å²) in [6, 6.07) is 7.11. The highest BCUT2D eigenvalue weighted by Crippen LogP contribution is 2.41. The van der Waals surface area contributed by atoms with Gasteiger partial charge in [0.15, 0.2) is 0 Å². The van der Waals surface area contributed by atoms with Crippen LogP contribution < -0.4 is 4.74 Å². The number of alkyl halides is 6. The van der Waals surface area contributed by atoms with Gasteiger partial charge in [0.1, 0.15) is 5.75 Å². The van der Waals surface area contributed by atoms with Crippen molar-refractivity contribution in [2.24, 2.45) is 0 Å². The van der Waals surface area contributed by atoms with Gasteiger partial charge in [-0.2, -0.15) is 13.2 Å². The third kappa shape index (κ3) is 5.52. The number of rotatable bonds is 2. The summed E-state index contributed by atoms with van der Waals surface area (Å²) >= 11 is 0. The van der Waals surface area contributed by atoms with Crippen LogP contribution in [-0.4, -0.2) is 52.7 Å². The second-order valence-electron chi connectivity index (χ2n) is 6.90. The summed E-state index contributed by atoms with van der Waals surface area (Å²) in [7, 11) is 0. The number of carbonyl (C=O) groups excluding carboxylic acids is 1. The Balaban J connectivity index is 1.97. The fourth-order valence-electron chi connectivity index (χ4n) is 3.13. The first-order chi connectivity index (χ1) is 14.8. The van der Waals surface area contributed by atoms with Gasteiger partial charge in [0.25, 0.3) is 5.91 Å². The summed E-state index contributed by atoms with van der Waals surface area (Å²) in [6.07, 6.45) is -12.3. The van der Waals surface area contributed by atoms with Crippen LogP contribution in [-0.2, 0) is 11.0 Å². The minimum absolute atomic E-state index is 0.169. The molecule has 2 atom stereocenters. The lowest BCUT2D eigenvalue weighted by molar-refractivity contribution is -0.274. The Bertz CT molecular complexity index is 1060. The number of aliphatic hydroxyl groups excluding tert-OH is 2. The lowest BCUT2D eigenvalue weighted by Crippen LogP contribution is -2.28. The van der Waals surface area contributed by atoms with Crippen molar-refractivity contribution in [1.29, 1.82) is 0 Å². The highest BCUT2D eigenvalue weighted by molar-refractivity contribution is 5.94. The smallest absolute Gasteiger partial charge is 0.405 e. The molecule has 1 aliphatic rings. The zero-order valence-electron chi connectivity index (χ0n) is 16.0. The molecule has 0 unspecified atom stereocenters. The number of ether oxygens (including phenoxy) is 1. The number of amides is 1. The van der Waals surface area contributed by atoms with E-state index in [0.29, 0.717) is 6.07 Å². The number of carbonyl (C=O) groups is 1. The molecule has 0 spiro atoms. The van der Waals surface area contributed by atoms with E-state index in [1.165, 1.54) is 12.1 Å². The maximum Gasteiger partial charge on any atom is 0.573 e. The zero-order valence-corrected chi connectivity index (χ0v) is 16.0. The molecule has 0 bridgehead atoms. The third-order valence-electron chi connectivity index (χ3n) is 4.59. The van der Waals surface area contributed by atoms with Crippen molar-refractivity contribution in [3.8, 4) is 28.7 Å². The van der Waals surface area contributed by atoms with Gasteiger partial charge < -0.3 is 19.8 Å². The Morgan fingerprint density at radius 2 is 1.59 bits per heavy atom. The average molecular weight is 459 g/mol. The number of likely N-dealkylation sites (tertiary alicyclic amines) is 1. The molecule has 1 aliphatic heterocycles. The second-order valence-corrected chi connectivity index (χ2v) is 6.90. The molecule has 32 heavy (non-hydrogen) atoms. The van der Waals surface area contributed by atoms with E-state index in [2.05, 4.69) is 16.6 Å². The van der Waals surface area contributed by atoms with E-state index in [0.717, 1.165) is 29.2 Å². The Hall–Kier alpha value is -3.23. The van der Waals surface area contributed by atoms with Crippen molar-refractivity contribution >= 4 is 5.91 Å². The van der Waals surface area contributed by atoms with Crippen LogP contribution >= 0.6 is 0 Å². The molecule has 170 valence electrons. The number of hydrogen-bond donors (Lipinski definition) is 2. The molecular formula is C21H15F6NO4. The first-order valence-corrected chi connectivity index (χ1v) is 9.08. The fraction of sp³-hybridized carbons (Fsp3) is 0.286. The molecular weight excluding hydrogens is 444 g/mol. The Labute approximate surface area is 177 Å². The van der Waals surface area contributed by atoms with E-state index in [1.54, 1.807) is 0 Å². The highest BCUT2D eigenvalue weighted by atomic mass is 19.4. The monoisotopic (exact) mass is 459 g/mol. The minimum Gasteiger partial charge on any atom is -0.405 e. The number of benzene rings is 2. The van der Waals surface area contributed by atoms with Crippen LogP contribution in [0.15, 0.2) is 42.5 Å². The van der Waals surface area contributed by atoms with E-state index in [1.807, 2.05) is 0 Å². The third-order valence-corrected chi connectivity index (χ3v) is 4.59. The van der Waals surface area contributed by atoms with Crippen LogP contribution in [0.25, 0.3) is 11.1 Å². The predicted octanol–water partition coefficient (Wildman–Crippen LogP) is 3.19. The second kappa shape index (κ2) is 8.72. The van der Waals surface area contributed by atoms with Crippen molar-refractivity contribution < 1.29 is 46.1 Å². The first-order valence-electron chi connectivity index (χ1n) is 9.08. The van der Waals surface area contributed by atoms with Gasteiger partial charge in [0, 0.05) is 17.0 Å². The summed E-state index contributed by atoms with van der Waals surface area (Å²) in [5.41, 5.74) is -2.45. The standard InChI is InChI=1S/C21H15F6NO4/c22-20(23,24)15-9-12(6-8-19(31)28-10-16(29)17(30)11-28)5-7-13(15)14-3-1-2-4-18(14)32-21(25,26)27/h1-5,7,9,16-17,29-30H,10-11H2/t16-,17-/m0/s1. The molecule has 0 radical (unpaired) electrons. The van der Waals surface area contributed by atoms with Crippen molar-refractivity contribution in [3.05, 3.63) is 53.6 Å². The first kappa shape index (κ1) is 23.4. The van der Waals surface area contributed by atoms with Gasteiger partial charge in [-0.15, -0.1) is 13.2 Å². The minimum atomic E-state index is -5.10. The molecule has 0 saturated carbocycles. The van der Waals surface area contributed by atoms with E-state index < -0.39 is 53.1 Å². The lowest BCUT2D eigenvalue weighted by Gasteiger charge is -2.17. The van der Waals surface area contributed by atoms with Gasteiger partial charge in [-0.3, -0.25) is 4.79 Å². The molecule has 5 nitrogen and oxygen atoms in total. The van der Waals surface area contributed by atoms with Crippen molar-refractivity contribution in [1.82, 2.24) is 4.90 Å². The quantitative estimate of drug-likeness (QED) is 0.535. The zero-order chi connectivity index (χ0) is 23.7. The van der Waals surface area contributed by atoms with Crippen LogP contribution in [0.1, 0.15) is 11.1 Å². The topological polar surface area (TPSA) is 70.0 Å². The average Bonchev–Trinajstić information content (AvgIpc) is 3.03. The summed E-state index contributed by atoms with van der Waals surface area (Å²) in [4.78, 5) is 13.1. The van der Waals surface area contributed by atoms with Gasteiger partial charge in [0.2, 0.25) is 0 Å². The molecule has 1 fully saturated rings. The van der Waals surface area contributed by atoms with Gasteiger partial charge in [-0.1, -0.05) is 30.2 Å². The van der Waals surface area contributed by atoms with Crippen LogP contribution in [0.5, 0.6) is 5.75 Å². The number of hydrogen-bond acceptors (Lipinski definition) is 4. The van der Waals surface area contributed by atoms with E-state index in [4.69, 9.17) is 0 Å². The largest absolute Gasteiger partial charge is 0.573 e. The van der Waals surface area contributed by atoms with Crippen molar-refractivity contribution in [2.45, 2.75) is 24.7 Å². The van der Waals surface area contributed by atoms with Gasteiger partial charge in [0.05, 0.1) is 30.9 Å². The van der Waals surface area contributed by atoms with E-state index >= 15 is 0 Å². The molecule has 11 heteroatoms. The number of β-amino-alcohol motifs (C(OH)–C–C–N with tert-alkyl or cyclic N) is 2. The van der Waals surface area contributed by atoms with Crippen molar-refractivity contribution in [3.63, 3.8) is 0 Å². The predicted molar refractivity (Wildman–Crippen MR) is 99.0 cm³/mol. The summed E-state index contributed by atoms with van der Waals surface area (Å²) < 4.78 is 82.8. The summed E-state index contributed by atoms with van der Waals surface area (Å²) in [5, 5.41) is 18.9. The SMILES string of the molecule is O=C(C#Cc1ccc(-c2ccccc2OC(F)(F)F)c(C(F)(F)F)c1)N1C[C@H](O)[C@@H](O)C1. The highest BCUT2D eigenvalue weighted by Gasteiger charge is 2.37. The lowest BCUT2D eigenvalue weighted by atomic mass is 9.96. The number of nitrogens with zero attached hydrogens (tertiary/aromatic N) is 1. The molecule has 1 amide bonds. The van der Waals surface area contributed by atoms with Gasteiger partial charge >= 0.3 is 12.5 Å². The van der Waals surface area contributed by atoms with Crippen LogP contribution in [0.2, 0.25) is 0 Å². The maximum absolute atomic E-state index is 13.7. The summed E-state index contributed by atoms with van der Waals surface area (Å²) in [6.45, 7) is -0.338.